The topological polar surface area (TPSA) is 55.1 Å². The highest BCUT2D eigenvalue weighted by Crippen LogP contribution is 2.21. The molecule has 0 aliphatic rings. The Hall–Kier alpha value is -3.73. The molecule has 0 unspecified atom stereocenters. The lowest BCUT2D eigenvalue weighted by Gasteiger charge is -2.01. The van der Waals surface area contributed by atoms with Crippen LogP contribution >= 0.6 is 0 Å². The number of nitrogens with zero attached hydrogens (tertiary/aromatic N) is 4. The van der Waals surface area contributed by atoms with Gasteiger partial charge in [0, 0.05) is 23.5 Å². The van der Waals surface area contributed by atoms with E-state index in [1.807, 2.05) is 65.5 Å². The highest BCUT2D eigenvalue weighted by molar-refractivity contribution is 5.88. The molecule has 5 nitrogen and oxygen atoms in total. The molecule has 0 aliphatic carbocycles. The van der Waals surface area contributed by atoms with Crippen LogP contribution in [0.4, 0.5) is 5.82 Å². The number of anilines is 1. The summed E-state index contributed by atoms with van der Waals surface area (Å²) >= 11 is 0. The van der Waals surface area contributed by atoms with Gasteiger partial charge in [0.15, 0.2) is 0 Å². The number of hydrogen-bond acceptors (Lipinski definition) is 4. The van der Waals surface area contributed by atoms with Crippen LogP contribution < -0.4 is 5.43 Å². The standard InChI is InChI=1S/C22H19N5/c1-3-9-18(10-4-1)16-27-17-20(15-24-25-21-13-7-8-14-23-21)22(26-27)19-11-5-2-6-12-19/h1-15,17H,16H2,(H,23,25)/b24-15-. The molecule has 0 fully saturated rings. The minimum absolute atomic E-state index is 0.701. The molecule has 27 heavy (non-hydrogen) atoms. The molecule has 0 saturated carbocycles. The van der Waals surface area contributed by atoms with E-state index in [0.29, 0.717) is 12.4 Å². The van der Waals surface area contributed by atoms with Crippen molar-refractivity contribution in [1.82, 2.24) is 14.8 Å². The van der Waals surface area contributed by atoms with E-state index in [-0.39, 0.29) is 0 Å². The van der Waals surface area contributed by atoms with E-state index in [9.17, 15) is 0 Å². The molecule has 2 aromatic carbocycles. The average Bonchev–Trinajstić information content (AvgIpc) is 3.13. The summed E-state index contributed by atoms with van der Waals surface area (Å²) < 4.78 is 1.94. The molecule has 4 aromatic rings. The van der Waals surface area contributed by atoms with Gasteiger partial charge >= 0.3 is 0 Å². The van der Waals surface area contributed by atoms with Crippen LogP contribution in [-0.4, -0.2) is 21.0 Å². The van der Waals surface area contributed by atoms with Crippen molar-refractivity contribution in [2.75, 3.05) is 5.43 Å². The Labute approximate surface area is 158 Å². The first-order valence-electron chi connectivity index (χ1n) is 8.75. The Bertz CT molecular complexity index is 1010. The number of hydrazone groups is 1. The van der Waals surface area contributed by atoms with Crippen molar-refractivity contribution in [2.45, 2.75) is 6.54 Å². The van der Waals surface area contributed by atoms with Crippen molar-refractivity contribution >= 4 is 12.0 Å². The van der Waals surface area contributed by atoms with E-state index in [0.717, 1.165) is 16.8 Å². The number of pyridine rings is 1. The second kappa shape index (κ2) is 8.10. The summed E-state index contributed by atoms with van der Waals surface area (Å²) in [7, 11) is 0. The minimum atomic E-state index is 0.701. The summed E-state index contributed by atoms with van der Waals surface area (Å²) in [5.74, 6) is 0.701. The van der Waals surface area contributed by atoms with Crippen LogP contribution in [0.3, 0.4) is 0 Å². The number of rotatable bonds is 6. The summed E-state index contributed by atoms with van der Waals surface area (Å²) in [4.78, 5) is 4.21. The molecule has 2 aromatic heterocycles. The minimum Gasteiger partial charge on any atom is -0.267 e. The number of benzene rings is 2. The maximum atomic E-state index is 4.78. The van der Waals surface area contributed by atoms with Crippen LogP contribution in [0.15, 0.2) is 96.4 Å². The van der Waals surface area contributed by atoms with E-state index in [2.05, 4.69) is 39.8 Å². The van der Waals surface area contributed by atoms with Crippen molar-refractivity contribution in [3.8, 4) is 11.3 Å². The summed E-state index contributed by atoms with van der Waals surface area (Å²) in [5.41, 5.74) is 7.06. The second-order valence-electron chi connectivity index (χ2n) is 6.07. The monoisotopic (exact) mass is 353 g/mol. The van der Waals surface area contributed by atoms with Gasteiger partial charge in [-0.05, 0) is 17.7 Å². The van der Waals surface area contributed by atoms with Gasteiger partial charge in [-0.15, -0.1) is 0 Å². The summed E-state index contributed by atoms with van der Waals surface area (Å²) in [5, 5.41) is 9.11. The molecule has 0 aliphatic heterocycles. The zero-order chi connectivity index (χ0) is 18.3. The first-order chi connectivity index (χ1) is 13.4. The second-order valence-corrected chi connectivity index (χ2v) is 6.07. The molecule has 0 bridgehead atoms. The summed E-state index contributed by atoms with van der Waals surface area (Å²) in [6.07, 6.45) is 5.52. The molecule has 4 rings (SSSR count). The Kier molecular flexibility index (Phi) is 5.02. The van der Waals surface area contributed by atoms with Gasteiger partial charge in [-0.25, -0.2) is 4.98 Å². The lowest BCUT2D eigenvalue weighted by molar-refractivity contribution is 0.689. The molecule has 0 amide bonds. The fourth-order valence-electron chi connectivity index (χ4n) is 2.80. The van der Waals surface area contributed by atoms with Crippen LogP contribution in [0.25, 0.3) is 11.3 Å². The zero-order valence-electron chi connectivity index (χ0n) is 14.7. The molecule has 1 N–H and O–H groups in total. The van der Waals surface area contributed by atoms with Gasteiger partial charge in [0.1, 0.15) is 11.5 Å². The SMILES string of the molecule is C(=N/Nc1ccccn1)/c1cn(Cc2ccccc2)nc1-c1ccccc1. The van der Waals surface area contributed by atoms with Crippen molar-refractivity contribution in [1.29, 1.82) is 0 Å². The fraction of sp³-hybridized carbons (Fsp3) is 0.0455. The normalized spacial score (nSPS) is 11.0. The van der Waals surface area contributed by atoms with Crippen LogP contribution in [0.2, 0.25) is 0 Å². The molecular weight excluding hydrogens is 334 g/mol. The molecule has 2 heterocycles. The van der Waals surface area contributed by atoms with E-state index in [1.165, 1.54) is 5.56 Å². The Balaban J connectivity index is 1.62. The van der Waals surface area contributed by atoms with Crippen LogP contribution in [0.1, 0.15) is 11.1 Å². The molecule has 0 saturated heterocycles. The van der Waals surface area contributed by atoms with Gasteiger partial charge in [-0.2, -0.15) is 10.2 Å². The fourth-order valence-corrected chi connectivity index (χ4v) is 2.80. The molecule has 0 radical (unpaired) electrons. The van der Waals surface area contributed by atoms with Crippen LogP contribution in [0, 0.1) is 0 Å². The van der Waals surface area contributed by atoms with E-state index < -0.39 is 0 Å². The predicted octanol–water partition coefficient (Wildman–Crippen LogP) is 4.44. The Morgan fingerprint density at radius 2 is 1.63 bits per heavy atom. The van der Waals surface area contributed by atoms with Crippen molar-refractivity contribution in [3.05, 3.63) is 102 Å². The largest absolute Gasteiger partial charge is 0.267 e. The molecule has 5 heteroatoms. The molecule has 0 atom stereocenters. The number of nitrogens with one attached hydrogen (secondary N) is 1. The van der Waals surface area contributed by atoms with Gasteiger partial charge in [0.05, 0.1) is 12.8 Å². The first-order valence-corrected chi connectivity index (χ1v) is 8.75. The van der Waals surface area contributed by atoms with Gasteiger partial charge in [-0.3, -0.25) is 10.1 Å². The maximum absolute atomic E-state index is 4.78. The first kappa shape index (κ1) is 16.7. The third-order valence-corrected chi connectivity index (χ3v) is 4.07. The molecule has 132 valence electrons. The summed E-state index contributed by atoms with van der Waals surface area (Å²) in [6, 6.07) is 26.1. The Morgan fingerprint density at radius 1 is 0.889 bits per heavy atom. The maximum Gasteiger partial charge on any atom is 0.146 e. The van der Waals surface area contributed by atoms with Gasteiger partial charge < -0.3 is 0 Å². The summed E-state index contributed by atoms with van der Waals surface area (Å²) in [6.45, 7) is 0.710. The predicted molar refractivity (Wildman–Crippen MR) is 109 cm³/mol. The van der Waals surface area contributed by atoms with Crippen LogP contribution in [-0.2, 0) is 6.54 Å². The third kappa shape index (κ3) is 4.27. The van der Waals surface area contributed by atoms with Gasteiger partial charge in [-0.1, -0.05) is 66.7 Å². The zero-order valence-corrected chi connectivity index (χ0v) is 14.7. The number of hydrogen-bond donors (Lipinski definition) is 1. The molecular formula is C22H19N5. The van der Waals surface area contributed by atoms with E-state index in [4.69, 9.17) is 5.10 Å². The molecule has 0 spiro atoms. The van der Waals surface area contributed by atoms with Crippen molar-refractivity contribution in [2.24, 2.45) is 5.10 Å². The number of aromatic nitrogens is 3. The Morgan fingerprint density at radius 3 is 2.37 bits per heavy atom. The third-order valence-electron chi connectivity index (χ3n) is 4.07. The lowest BCUT2D eigenvalue weighted by Crippen LogP contribution is -1.99. The lowest BCUT2D eigenvalue weighted by atomic mass is 10.1. The quantitative estimate of drug-likeness (QED) is 0.412. The highest BCUT2D eigenvalue weighted by Gasteiger charge is 2.10. The smallest absolute Gasteiger partial charge is 0.146 e. The average molecular weight is 353 g/mol. The highest BCUT2D eigenvalue weighted by atomic mass is 15.3. The van der Waals surface area contributed by atoms with Gasteiger partial charge in [0.2, 0.25) is 0 Å². The van der Waals surface area contributed by atoms with E-state index >= 15 is 0 Å². The van der Waals surface area contributed by atoms with Crippen molar-refractivity contribution < 1.29 is 0 Å². The van der Waals surface area contributed by atoms with Crippen molar-refractivity contribution in [3.63, 3.8) is 0 Å². The van der Waals surface area contributed by atoms with Crippen LogP contribution in [0.5, 0.6) is 0 Å². The van der Waals surface area contributed by atoms with E-state index in [1.54, 1.807) is 12.4 Å². The van der Waals surface area contributed by atoms with Gasteiger partial charge in [0.25, 0.3) is 0 Å².